The van der Waals surface area contributed by atoms with Crippen LogP contribution in [-0.2, 0) is 6.42 Å². The number of rotatable bonds is 1. The summed E-state index contributed by atoms with van der Waals surface area (Å²) >= 11 is 0. The zero-order valence-electron chi connectivity index (χ0n) is 18.6. The fourth-order valence-electron chi connectivity index (χ4n) is 6.17. The van der Waals surface area contributed by atoms with E-state index in [-0.39, 0.29) is 0 Å². The molecular formula is C33H21N. The summed E-state index contributed by atoms with van der Waals surface area (Å²) in [4.78, 5) is 0. The maximum Gasteiger partial charge on any atom is 0.0547 e. The number of nitrogens with zero attached hydrogens (tertiary/aromatic N) is 1. The van der Waals surface area contributed by atoms with E-state index in [4.69, 9.17) is 0 Å². The molecule has 0 saturated heterocycles. The summed E-state index contributed by atoms with van der Waals surface area (Å²) in [6, 6.07) is 42.3. The van der Waals surface area contributed by atoms with Gasteiger partial charge in [0, 0.05) is 16.5 Å². The van der Waals surface area contributed by atoms with E-state index in [0.717, 1.165) is 6.42 Å². The molecule has 0 atom stereocenters. The van der Waals surface area contributed by atoms with Gasteiger partial charge in [-0.15, -0.1) is 0 Å². The van der Waals surface area contributed by atoms with Crippen molar-refractivity contribution in [3.63, 3.8) is 0 Å². The minimum Gasteiger partial charge on any atom is -0.309 e. The number of aromatic nitrogens is 1. The Morgan fingerprint density at radius 1 is 0.500 bits per heavy atom. The van der Waals surface area contributed by atoms with Gasteiger partial charge in [-0.3, -0.25) is 0 Å². The Hall–Kier alpha value is -4.36. The minimum absolute atomic E-state index is 0.991. The van der Waals surface area contributed by atoms with Crippen LogP contribution in [0.2, 0.25) is 0 Å². The van der Waals surface area contributed by atoms with E-state index in [9.17, 15) is 0 Å². The lowest BCUT2D eigenvalue weighted by atomic mass is 9.95. The first-order chi connectivity index (χ1) is 16.9. The summed E-state index contributed by atoms with van der Waals surface area (Å²) < 4.78 is 2.44. The first-order valence-corrected chi connectivity index (χ1v) is 11.9. The van der Waals surface area contributed by atoms with Crippen LogP contribution in [0.15, 0.2) is 115 Å². The molecule has 0 amide bonds. The molecule has 158 valence electrons. The van der Waals surface area contributed by atoms with Gasteiger partial charge in [0.2, 0.25) is 0 Å². The minimum atomic E-state index is 0.991. The average molecular weight is 432 g/mol. The predicted octanol–water partition coefficient (Wildman–Crippen LogP) is 8.66. The van der Waals surface area contributed by atoms with Crippen molar-refractivity contribution in [2.24, 2.45) is 0 Å². The van der Waals surface area contributed by atoms with Crippen LogP contribution in [0, 0.1) is 0 Å². The highest BCUT2D eigenvalue weighted by molar-refractivity contribution is 6.26. The highest BCUT2D eigenvalue weighted by atomic mass is 15.0. The van der Waals surface area contributed by atoms with E-state index < -0.39 is 0 Å². The normalized spacial score (nSPS) is 12.6. The molecule has 0 aliphatic heterocycles. The SMILES string of the molecule is c1ccc(-n2c3ccc4c(c3c3c5ccccc5ccc32)-c2ccc3ccccc3c2C4)cc1. The summed E-state index contributed by atoms with van der Waals surface area (Å²) in [5, 5.41) is 8.04. The second kappa shape index (κ2) is 6.59. The molecule has 1 aliphatic rings. The molecule has 8 rings (SSSR count). The first-order valence-electron chi connectivity index (χ1n) is 11.9. The van der Waals surface area contributed by atoms with Gasteiger partial charge >= 0.3 is 0 Å². The molecule has 34 heavy (non-hydrogen) atoms. The monoisotopic (exact) mass is 431 g/mol. The van der Waals surface area contributed by atoms with Crippen LogP contribution >= 0.6 is 0 Å². The van der Waals surface area contributed by atoms with Crippen molar-refractivity contribution in [3.05, 3.63) is 126 Å². The number of para-hydroxylation sites is 1. The summed E-state index contributed by atoms with van der Waals surface area (Å²) in [6.07, 6.45) is 0.991. The van der Waals surface area contributed by atoms with Gasteiger partial charge in [0.1, 0.15) is 0 Å². The van der Waals surface area contributed by atoms with Crippen LogP contribution < -0.4 is 0 Å². The van der Waals surface area contributed by atoms with Gasteiger partial charge in [-0.2, -0.15) is 0 Å². The molecule has 0 bridgehead atoms. The average Bonchev–Trinajstić information content (AvgIpc) is 3.45. The van der Waals surface area contributed by atoms with Crippen LogP contribution in [-0.4, -0.2) is 4.57 Å². The van der Waals surface area contributed by atoms with E-state index in [1.54, 1.807) is 0 Å². The van der Waals surface area contributed by atoms with Gasteiger partial charge in [-0.25, -0.2) is 0 Å². The summed E-state index contributed by atoms with van der Waals surface area (Å²) in [5.74, 6) is 0. The van der Waals surface area contributed by atoms with Gasteiger partial charge in [0.15, 0.2) is 0 Å². The molecule has 0 spiro atoms. The lowest BCUT2D eigenvalue weighted by Crippen LogP contribution is -1.93. The molecular weight excluding hydrogens is 410 g/mol. The van der Waals surface area contributed by atoms with Gasteiger partial charge in [-0.05, 0) is 74.5 Å². The van der Waals surface area contributed by atoms with Gasteiger partial charge in [-0.1, -0.05) is 91.0 Å². The molecule has 0 fully saturated rings. The van der Waals surface area contributed by atoms with E-state index in [0.29, 0.717) is 0 Å². The Morgan fingerprint density at radius 2 is 1.15 bits per heavy atom. The maximum atomic E-state index is 2.44. The third-order valence-electron chi connectivity index (χ3n) is 7.60. The molecule has 7 aromatic rings. The number of hydrogen-bond donors (Lipinski definition) is 0. The Bertz CT molecular complexity index is 1920. The molecule has 0 radical (unpaired) electrons. The van der Waals surface area contributed by atoms with E-state index in [2.05, 4.69) is 120 Å². The van der Waals surface area contributed by atoms with Crippen molar-refractivity contribution < 1.29 is 0 Å². The molecule has 6 aromatic carbocycles. The standard InChI is InChI=1S/C33H21N/c1-2-10-24(11-3-1)34-29-18-15-22-9-5-7-13-26(22)32(29)33-30(34)19-16-23-20-28-25-12-6-4-8-21(25)14-17-27(28)31(23)33/h1-19H,20H2. The molecule has 1 aromatic heterocycles. The fourth-order valence-corrected chi connectivity index (χ4v) is 6.17. The summed E-state index contributed by atoms with van der Waals surface area (Å²) in [6.45, 7) is 0. The third kappa shape index (κ3) is 2.29. The van der Waals surface area contributed by atoms with E-state index in [1.165, 1.54) is 71.3 Å². The number of fused-ring (bicyclic) bond motifs is 11. The van der Waals surface area contributed by atoms with Crippen molar-refractivity contribution in [2.75, 3.05) is 0 Å². The van der Waals surface area contributed by atoms with E-state index in [1.807, 2.05) is 0 Å². The van der Waals surface area contributed by atoms with Crippen molar-refractivity contribution >= 4 is 43.4 Å². The van der Waals surface area contributed by atoms with Crippen LogP contribution in [0.1, 0.15) is 11.1 Å². The van der Waals surface area contributed by atoms with Gasteiger partial charge in [0.05, 0.1) is 11.0 Å². The Balaban J connectivity index is 1.61. The van der Waals surface area contributed by atoms with Crippen molar-refractivity contribution in [1.29, 1.82) is 0 Å². The zero-order valence-corrected chi connectivity index (χ0v) is 18.6. The highest BCUT2D eigenvalue weighted by Gasteiger charge is 2.26. The maximum absolute atomic E-state index is 2.44. The number of benzene rings is 6. The molecule has 1 aliphatic carbocycles. The molecule has 1 nitrogen and oxygen atoms in total. The second-order valence-corrected chi connectivity index (χ2v) is 9.34. The summed E-state index contributed by atoms with van der Waals surface area (Å²) in [7, 11) is 0. The third-order valence-corrected chi connectivity index (χ3v) is 7.60. The van der Waals surface area contributed by atoms with Gasteiger partial charge < -0.3 is 4.57 Å². The smallest absolute Gasteiger partial charge is 0.0547 e. The first kappa shape index (κ1) is 18.1. The van der Waals surface area contributed by atoms with Crippen molar-refractivity contribution in [2.45, 2.75) is 6.42 Å². The van der Waals surface area contributed by atoms with Crippen molar-refractivity contribution in [3.8, 4) is 16.8 Å². The Labute approximate surface area is 197 Å². The second-order valence-electron chi connectivity index (χ2n) is 9.34. The quantitative estimate of drug-likeness (QED) is 0.245. The molecule has 1 heteroatoms. The molecule has 0 saturated carbocycles. The lowest BCUT2D eigenvalue weighted by molar-refractivity contribution is 1.18. The van der Waals surface area contributed by atoms with Crippen molar-refractivity contribution in [1.82, 2.24) is 4.57 Å². The van der Waals surface area contributed by atoms with Crippen LogP contribution in [0.3, 0.4) is 0 Å². The fraction of sp³-hybridized carbons (Fsp3) is 0.0303. The Morgan fingerprint density at radius 3 is 2.00 bits per heavy atom. The predicted molar refractivity (Wildman–Crippen MR) is 144 cm³/mol. The zero-order chi connectivity index (χ0) is 22.2. The lowest BCUT2D eigenvalue weighted by Gasteiger charge is -2.09. The molecule has 1 heterocycles. The Kier molecular flexibility index (Phi) is 3.51. The van der Waals surface area contributed by atoms with Gasteiger partial charge in [0.25, 0.3) is 0 Å². The molecule has 0 unspecified atom stereocenters. The highest BCUT2D eigenvalue weighted by Crippen LogP contribution is 2.48. The van der Waals surface area contributed by atoms with E-state index >= 15 is 0 Å². The largest absolute Gasteiger partial charge is 0.309 e. The van der Waals surface area contributed by atoms with Crippen LogP contribution in [0.5, 0.6) is 0 Å². The molecule has 0 N–H and O–H groups in total. The summed E-state index contributed by atoms with van der Waals surface area (Å²) in [5.41, 5.74) is 9.43. The van der Waals surface area contributed by atoms with Crippen LogP contribution in [0.4, 0.5) is 0 Å². The number of hydrogen-bond acceptors (Lipinski definition) is 0. The van der Waals surface area contributed by atoms with Crippen LogP contribution in [0.25, 0.3) is 60.2 Å². The topological polar surface area (TPSA) is 4.93 Å².